The average Bonchev–Trinajstić information content (AvgIpc) is 2.54. The van der Waals surface area contributed by atoms with E-state index in [-0.39, 0.29) is 12.5 Å². The van der Waals surface area contributed by atoms with E-state index in [0.717, 1.165) is 21.7 Å². The molecule has 0 aliphatic carbocycles. The minimum Gasteiger partial charge on any atom is -0.324 e. The lowest BCUT2D eigenvalue weighted by Crippen LogP contribution is -2.38. The van der Waals surface area contributed by atoms with Crippen molar-refractivity contribution in [2.45, 2.75) is 20.3 Å². The molecule has 128 valence electrons. The van der Waals surface area contributed by atoms with E-state index in [1.165, 1.54) is 0 Å². The number of nitrogens with one attached hydrogen (secondary N) is 1. The van der Waals surface area contributed by atoms with Crippen molar-refractivity contribution < 1.29 is 13.2 Å². The Labute approximate surface area is 143 Å². The molecule has 6 heteroatoms. The van der Waals surface area contributed by atoms with Gasteiger partial charge < -0.3 is 5.32 Å². The first kappa shape index (κ1) is 18.0. The highest BCUT2D eigenvalue weighted by Gasteiger charge is 2.22. The molecule has 0 unspecified atom stereocenters. The van der Waals surface area contributed by atoms with E-state index in [0.29, 0.717) is 17.8 Å². The van der Waals surface area contributed by atoms with Gasteiger partial charge in [0, 0.05) is 5.69 Å². The Morgan fingerprint density at radius 2 is 1.71 bits per heavy atom. The molecule has 0 fully saturated rings. The van der Waals surface area contributed by atoms with Crippen LogP contribution in [0, 0.1) is 6.92 Å². The fraction of sp³-hybridized carbons (Fsp3) is 0.278. The highest BCUT2D eigenvalue weighted by Crippen LogP contribution is 2.23. The number of carbonyl (C=O) groups is 1. The van der Waals surface area contributed by atoms with E-state index in [1.807, 2.05) is 44.2 Å². The molecule has 0 spiro atoms. The predicted molar refractivity (Wildman–Crippen MR) is 97.8 cm³/mol. The third-order valence-corrected chi connectivity index (χ3v) is 4.87. The van der Waals surface area contributed by atoms with E-state index >= 15 is 0 Å². The number of anilines is 2. The third kappa shape index (κ3) is 4.35. The van der Waals surface area contributed by atoms with Crippen LogP contribution in [-0.2, 0) is 21.2 Å². The normalized spacial score (nSPS) is 11.1. The molecule has 0 aliphatic heterocycles. The second-order valence-corrected chi connectivity index (χ2v) is 7.52. The Kier molecular flexibility index (Phi) is 5.62. The second-order valence-electron chi connectivity index (χ2n) is 5.61. The van der Waals surface area contributed by atoms with Crippen LogP contribution in [0.3, 0.4) is 0 Å². The summed E-state index contributed by atoms with van der Waals surface area (Å²) < 4.78 is 25.6. The quantitative estimate of drug-likeness (QED) is 0.874. The molecule has 0 radical (unpaired) electrons. The Bertz CT molecular complexity index is 832. The first-order chi connectivity index (χ1) is 11.3. The van der Waals surface area contributed by atoms with Crippen molar-refractivity contribution in [1.82, 2.24) is 0 Å². The van der Waals surface area contributed by atoms with Gasteiger partial charge in [-0.1, -0.05) is 43.3 Å². The molecule has 0 bridgehead atoms. The Morgan fingerprint density at radius 3 is 2.33 bits per heavy atom. The molecule has 0 atom stereocenters. The molecule has 0 aromatic heterocycles. The van der Waals surface area contributed by atoms with E-state index < -0.39 is 10.0 Å². The summed E-state index contributed by atoms with van der Waals surface area (Å²) in [5, 5.41) is 2.77. The van der Waals surface area contributed by atoms with Gasteiger partial charge >= 0.3 is 0 Å². The molecule has 0 saturated heterocycles. The number of hydrogen-bond donors (Lipinski definition) is 1. The summed E-state index contributed by atoms with van der Waals surface area (Å²) in [4.78, 5) is 12.4. The summed E-state index contributed by atoms with van der Waals surface area (Å²) in [6.07, 6.45) is 1.79. The molecule has 1 amide bonds. The predicted octanol–water partition coefficient (Wildman–Crippen LogP) is 2.96. The largest absolute Gasteiger partial charge is 0.324 e. The zero-order chi connectivity index (χ0) is 17.7. The van der Waals surface area contributed by atoms with Gasteiger partial charge in [0.05, 0.1) is 11.9 Å². The van der Waals surface area contributed by atoms with Gasteiger partial charge in [0.1, 0.15) is 6.54 Å². The molecule has 1 N–H and O–H groups in total. The van der Waals surface area contributed by atoms with Crippen LogP contribution in [0.15, 0.2) is 48.5 Å². The van der Waals surface area contributed by atoms with E-state index in [9.17, 15) is 13.2 Å². The molecule has 0 heterocycles. The lowest BCUT2D eigenvalue weighted by atomic mass is 10.1. The van der Waals surface area contributed by atoms with Crippen molar-refractivity contribution in [3.05, 3.63) is 59.7 Å². The Hall–Kier alpha value is -2.34. The van der Waals surface area contributed by atoms with Crippen molar-refractivity contribution in [3.63, 3.8) is 0 Å². The molecule has 0 aliphatic rings. The summed E-state index contributed by atoms with van der Waals surface area (Å²) in [7, 11) is -3.58. The fourth-order valence-electron chi connectivity index (χ4n) is 2.47. The van der Waals surface area contributed by atoms with Crippen LogP contribution in [0.25, 0.3) is 0 Å². The van der Waals surface area contributed by atoms with E-state index in [4.69, 9.17) is 0 Å². The fourth-order valence-corrected chi connectivity index (χ4v) is 3.35. The van der Waals surface area contributed by atoms with Gasteiger partial charge in [-0.2, -0.15) is 0 Å². The average molecular weight is 346 g/mol. The molecule has 2 rings (SSSR count). The van der Waals surface area contributed by atoms with Crippen molar-refractivity contribution in [3.8, 4) is 0 Å². The third-order valence-electron chi connectivity index (χ3n) is 3.75. The lowest BCUT2D eigenvalue weighted by molar-refractivity contribution is -0.114. The van der Waals surface area contributed by atoms with Crippen molar-refractivity contribution >= 4 is 27.3 Å². The van der Waals surface area contributed by atoms with Gasteiger partial charge in [-0.15, -0.1) is 0 Å². The van der Waals surface area contributed by atoms with Crippen LogP contribution in [0.5, 0.6) is 0 Å². The number of sulfonamides is 1. The van der Waals surface area contributed by atoms with Crippen LogP contribution < -0.4 is 9.62 Å². The molecule has 0 saturated carbocycles. The molecular formula is C18H22N2O3S. The minimum atomic E-state index is -3.58. The maximum absolute atomic E-state index is 12.4. The van der Waals surface area contributed by atoms with Gasteiger partial charge in [0.15, 0.2) is 0 Å². The first-order valence-corrected chi connectivity index (χ1v) is 9.59. The van der Waals surface area contributed by atoms with Crippen LogP contribution in [-0.4, -0.2) is 27.1 Å². The maximum Gasteiger partial charge on any atom is 0.245 e. The van der Waals surface area contributed by atoms with Crippen molar-refractivity contribution in [1.29, 1.82) is 0 Å². The highest BCUT2D eigenvalue weighted by atomic mass is 32.2. The minimum absolute atomic E-state index is 0.260. The second kappa shape index (κ2) is 7.49. The summed E-state index contributed by atoms with van der Waals surface area (Å²) in [5.74, 6) is -0.374. The van der Waals surface area contributed by atoms with Crippen LogP contribution >= 0.6 is 0 Å². The number of benzene rings is 2. The van der Waals surface area contributed by atoms with Gasteiger partial charge in [-0.05, 0) is 36.6 Å². The van der Waals surface area contributed by atoms with E-state index in [2.05, 4.69) is 5.32 Å². The SMILES string of the molecule is CCc1ccccc1N(CC(=O)Nc1ccccc1C)S(C)(=O)=O. The summed E-state index contributed by atoms with van der Waals surface area (Å²) >= 11 is 0. The monoisotopic (exact) mass is 346 g/mol. The van der Waals surface area contributed by atoms with Gasteiger partial charge in [-0.25, -0.2) is 8.42 Å². The number of para-hydroxylation sites is 2. The number of hydrogen-bond acceptors (Lipinski definition) is 3. The number of nitrogens with zero attached hydrogens (tertiary/aromatic N) is 1. The first-order valence-electron chi connectivity index (χ1n) is 7.74. The topological polar surface area (TPSA) is 66.5 Å². The van der Waals surface area contributed by atoms with Gasteiger partial charge in [-0.3, -0.25) is 9.10 Å². The Morgan fingerprint density at radius 1 is 1.08 bits per heavy atom. The smallest absolute Gasteiger partial charge is 0.245 e. The summed E-state index contributed by atoms with van der Waals surface area (Å²) in [6.45, 7) is 3.58. The van der Waals surface area contributed by atoms with Crippen LogP contribution in [0.1, 0.15) is 18.1 Å². The number of carbonyl (C=O) groups excluding carboxylic acids is 1. The highest BCUT2D eigenvalue weighted by molar-refractivity contribution is 7.92. The maximum atomic E-state index is 12.4. The van der Waals surface area contributed by atoms with Gasteiger partial charge in [0.2, 0.25) is 15.9 Å². The summed E-state index contributed by atoms with van der Waals surface area (Å²) in [5.41, 5.74) is 3.03. The number of aryl methyl sites for hydroxylation is 2. The Balaban J connectivity index is 2.27. The van der Waals surface area contributed by atoms with E-state index in [1.54, 1.807) is 18.2 Å². The molecule has 5 nitrogen and oxygen atoms in total. The van der Waals surface area contributed by atoms with Gasteiger partial charge in [0.25, 0.3) is 0 Å². The summed E-state index contributed by atoms with van der Waals surface area (Å²) in [6, 6.07) is 14.6. The number of amides is 1. The molecule has 24 heavy (non-hydrogen) atoms. The zero-order valence-corrected chi connectivity index (χ0v) is 14.9. The molecular weight excluding hydrogens is 324 g/mol. The zero-order valence-electron chi connectivity index (χ0n) is 14.1. The van der Waals surface area contributed by atoms with Crippen LogP contribution in [0.2, 0.25) is 0 Å². The van der Waals surface area contributed by atoms with Crippen LogP contribution in [0.4, 0.5) is 11.4 Å². The molecule has 2 aromatic carbocycles. The molecule has 2 aromatic rings. The standard InChI is InChI=1S/C18H22N2O3S/c1-4-15-10-6-8-12-17(15)20(24(3,22)23)13-18(21)19-16-11-7-5-9-14(16)2/h5-12H,4,13H2,1-3H3,(H,19,21). The number of rotatable bonds is 6. The van der Waals surface area contributed by atoms with Crippen molar-refractivity contribution in [2.24, 2.45) is 0 Å². The van der Waals surface area contributed by atoms with Crippen molar-refractivity contribution in [2.75, 3.05) is 22.4 Å². The lowest BCUT2D eigenvalue weighted by Gasteiger charge is -2.24.